The second kappa shape index (κ2) is 8.44. The van der Waals surface area contributed by atoms with Gasteiger partial charge in [0.1, 0.15) is 5.78 Å². The standard InChI is InChI=1S/C8H15NO2S2/c1-3-8(11)6-13-12-5-4-9-7(2)10/h3-6H2,1-2H3,(H,9,10). The third-order valence-corrected chi connectivity index (χ3v) is 3.59. The van der Waals surface area contributed by atoms with E-state index >= 15 is 0 Å². The van der Waals surface area contributed by atoms with Gasteiger partial charge in [0.05, 0.1) is 5.75 Å². The van der Waals surface area contributed by atoms with Crippen molar-refractivity contribution in [3.05, 3.63) is 0 Å². The fourth-order valence-electron chi connectivity index (χ4n) is 0.537. The maximum Gasteiger partial charge on any atom is 0.216 e. The summed E-state index contributed by atoms with van der Waals surface area (Å²) in [5, 5.41) is 2.69. The summed E-state index contributed by atoms with van der Waals surface area (Å²) in [7, 11) is 3.17. The lowest BCUT2D eigenvalue weighted by molar-refractivity contribution is -0.119. The van der Waals surface area contributed by atoms with Crippen molar-refractivity contribution in [3.63, 3.8) is 0 Å². The highest BCUT2D eigenvalue weighted by Gasteiger charge is 1.98. The molecule has 0 unspecified atom stereocenters. The van der Waals surface area contributed by atoms with E-state index < -0.39 is 0 Å². The minimum absolute atomic E-state index is 0.00441. The molecule has 0 aliphatic rings. The van der Waals surface area contributed by atoms with Crippen LogP contribution in [0.2, 0.25) is 0 Å². The van der Waals surface area contributed by atoms with Crippen molar-refractivity contribution in [1.29, 1.82) is 0 Å². The highest BCUT2D eigenvalue weighted by molar-refractivity contribution is 8.76. The average molecular weight is 221 g/mol. The summed E-state index contributed by atoms with van der Waals surface area (Å²) in [4.78, 5) is 21.3. The molecule has 5 heteroatoms. The van der Waals surface area contributed by atoms with Crippen LogP contribution < -0.4 is 5.32 Å². The van der Waals surface area contributed by atoms with Crippen molar-refractivity contribution in [1.82, 2.24) is 5.32 Å². The van der Waals surface area contributed by atoms with E-state index in [1.54, 1.807) is 21.6 Å². The normalized spacial score (nSPS) is 9.69. The maximum absolute atomic E-state index is 10.8. The quantitative estimate of drug-likeness (QED) is 0.522. The van der Waals surface area contributed by atoms with Gasteiger partial charge in [-0.2, -0.15) is 0 Å². The summed E-state index contributed by atoms with van der Waals surface area (Å²) in [6, 6.07) is 0. The molecule has 0 bridgehead atoms. The van der Waals surface area contributed by atoms with Gasteiger partial charge >= 0.3 is 0 Å². The number of Topliss-reactive ketones (excluding diaryl/α,β-unsaturated/α-hetero) is 1. The molecule has 0 radical (unpaired) electrons. The van der Waals surface area contributed by atoms with Gasteiger partial charge in [0.2, 0.25) is 5.91 Å². The molecule has 3 nitrogen and oxygen atoms in total. The highest BCUT2D eigenvalue weighted by Crippen LogP contribution is 2.20. The van der Waals surface area contributed by atoms with Gasteiger partial charge in [0.15, 0.2) is 0 Å². The summed E-state index contributed by atoms with van der Waals surface area (Å²) < 4.78 is 0. The van der Waals surface area contributed by atoms with Crippen LogP contribution in [-0.4, -0.2) is 29.7 Å². The Morgan fingerprint density at radius 1 is 1.31 bits per heavy atom. The molecule has 1 N–H and O–H groups in total. The van der Waals surface area contributed by atoms with Gasteiger partial charge in [-0.25, -0.2) is 0 Å². The van der Waals surface area contributed by atoms with Crippen LogP contribution in [0.1, 0.15) is 20.3 Å². The number of hydrogen-bond acceptors (Lipinski definition) is 4. The molecule has 0 heterocycles. The third kappa shape index (κ3) is 9.76. The molecule has 76 valence electrons. The Labute approximate surface area is 86.8 Å². The molecule has 0 saturated carbocycles. The van der Waals surface area contributed by atoms with Crippen molar-refractivity contribution in [2.24, 2.45) is 0 Å². The molecule has 0 fully saturated rings. The largest absolute Gasteiger partial charge is 0.355 e. The molecule has 0 aliphatic heterocycles. The number of amides is 1. The first-order valence-corrected chi connectivity index (χ1v) is 6.66. The zero-order valence-electron chi connectivity index (χ0n) is 7.96. The Balaban J connectivity index is 3.08. The Kier molecular flexibility index (Phi) is 8.33. The SMILES string of the molecule is CCC(=O)CSSCCNC(C)=O. The van der Waals surface area contributed by atoms with Crippen LogP contribution in [0, 0.1) is 0 Å². The maximum atomic E-state index is 10.8. The minimum Gasteiger partial charge on any atom is -0.355 e. The van der Waals surface area contributed by atoms with Crippen LogP contribution in [0.4, 0.5) is 0 Å². The average Bonchev–Trinajstić information content (AvgIpc) is 2.10. The van der Waals surface area contributed by atoms with E-state index in [0.29, 0.717) is 18.7 Å². The van der Waals surface area contributed by atoms with Crippen molar-refractivity contribution in [3.8, 4) is 0 Å². The number of carbonyl (C=O) groups is 2. The molecule has 0 aromatic heterocycles. The van der Waals surface area contributed by atoms with E-state index in [1.165, 1.54) is 6.92 Å². The van der Waals surface area contributed by atoms with E-state index in [0.717, 1.165) is 5.75 Å². The zero-order chi connectivity index (χ0) is 10.1. The number of ketones is 1. The molecule has 0 aromatic rings. The number of carbonyl (C=O) groups excluding carboxylic acids is 2. The fourth-order valence-corrected chi connectivity index (χ4v) is 2.51. The fraction of sp³-hybridized carbons (Fsp3) is 0.750. The summed E-state index contributed by atoms with van der Waals surface area (Å²) in [5.41, 5.74) is 0. The molecule has 0 rings (SSSR count). The zero-order valence-corrected chi connectivity index (χ0v) is 9.59. The van der Waals surface area contributed by atoms with Gasteiger partial charge < -0.3 is 5.32 Å². The van der Waals surface area contributed by atoms with E-state index in [4.69, 9.17) is 0 Å². The molecule has 0 aromatic carbocycles. The molecule has 0 aliphatic carbocycles. The third-order valence-electron chi connectivity index (χ3n) is 1.26. The van der Waals surface area contributed by atoms with Crippen LogP contribution in [0.3, 0.4) is 0 Å². The summed E-state index contributed by atoms with van der Waals surface area (Å²) in [5.74, 6) is 1.69. The van der Waals surface area contributed by atoms with Gasteiger partial charge in [-0.3, -0.25) is 9.59 Å². The lowest BCUT2D eigenvalue weighted by Crippen LogP contribution is -2.22. The van der Waals surface area contributed by atoms with Crippen molar-refractivity contribution in [2.75, 3.05) is 18.1 Å². The molecular formula is C8H15NO2S2. The van der Waals surface area contributed by atoms with Crippen LogP contribution in [0.5, 0.6) is 0 Å². The van der Waals surface area contributed by atoms with Gasteiger partial charge in [-0.05, 0) is 0 Å². The van der Waals surface area contributed by atoms with E-state index in [2.05, 4.69) is 5.32 Å². The Morgan fingerprint density at radius 3 is 2.54 bits per heavy atom. The minimum atomic E-state index is -0.00441. The predicted octanol–water partition coefficient (Wildman–Crippen LogP) is 1.48. The smallest absolute Gasteiger partial charge is 0.216 e. The number of rotatable bonds is 7. The first-order valence-electron chi connectivity index (χ1n) is 4.17. The number of hydrogen-bond donors (Lipinski definition) is 1. The summed E-state index contributed by atoms with van der Waals surface area (Å²) in [6.07, 6.45) is 0.610. The Morgan fingerprint density at radius 2 is 2.00 bits per heavy atom. The van der Waals surface area contributed by atoms with Gasteiger partial charge in [-0.1, -0.05) is 28.5 Å². The number of nitrogens with one attached hydrogen (secondary N) is 1. The predicted molar refractivity (Wildman–Crippen MR) is 58.9 cm³/mol. The first kappa shape index (κ1) is 12.8. The topological polar surface area (TPSA) is 46.2 Å². The van der Waals surface area contributed by atoms with Gasteiger partial charge in [0.25, 0.3) is 0 Å². The van der Waals surface area contributed by atoms with Crippen LogP contribution in [0.25, 0.3) is 0 Å². The monoisotopic (exact) mass is 221 g/mol. The van der Waals surface area contributed by atoms with E-state index in [1.807, 2.05) is 6.92 Å². The van der Waals surface area contributed by atoms with Gasteiger partial charge in [-0.15, -0.1) is 0 Å². The lowest BCUT2D eigenvalue weighted by Gasteiger charge is -2.00. The van der Waals surface area contributed by atoms with Crippen molar-refractivity contribution in [2.45, 2.75) is 20.3 Å². The van der Waals surface area contributed by atoms with Crippen LogP contribution >= 0.6 is 21.6 Å². The highest BCUT2D eigenvalue weighted by atomic mass is 33.1. The summed E-state index contributed by atoms with van der Waals surface area (Å²) in [6.45, 7) is 4.04. The van der Waals surface area contributed by atoms with Crippen molar-refractivity contribution >= 4 is 33.3 Å². The first-order chi connectivity index (χ1) is 6.16. The Bertz CT molecular complexity index is 174. The molecule has 0 saturated heterocycles. The summed E-state index contributed by atoms with van der Waals surface area (Å²) >= 11 is 0. The molecule has 1 amide bonds. The van der Waals surface area contributed by atoms with Crippen molar-refractivity contribution < 1.29 is 9.59 Å². The molecule has 0 spiro atoms. The lowest BCUT2D eigenvalue weighted by atomic mass is 10.4. The second-order valence-corrected chi connectivity index (χ2v) is 5.04. The molecule has 0 atom stereocenters. The second-order valence-electron chi connectivity index (χ2n) is 2.46. The Hall–Kier alpha value is -0.160. The van der Waals surface area contributed by atoms with Gasteiger partial charge in [0, 0.05) is 25.6 Å². The molecule has 13 heavy (non-hydrogen) atoms. The van der Waals surface area contributed by atoms with E-state index in [-0.39, 0.29) is 11.7 Å². The van der Waals surface area contributed by atoms with Crippen LogP contribution in [-0.2, 0) is 9.59 Å². The molecular weight excluding hydrogens is 206 g/mol. The van der Waals surface area contributed by atoms with E-state index in [9.17, 15) is 9.59 Å². The van der Waals surface area contributed by atoms with Crippen LogP contribution in [0.15, 0.2) is 0 Å².